The van der Waals surface area contributed by atoms with Crippen LogP contribution in [-0.4, -0.2) is 13.7 Å². The Bertz CT molecular complexity index is 3300. The van der Waals surface area contributed by atoms with E-state index in [4.69, 9.17) is 0 Å². The van der Waals surface area contributed by atoms with Gasteiger partial charge in [0.25, 0.3) is 0 Å². The van der Waals surface area contributed by atoms with E-state index < -0.39 is 0 Å². The van der Waals surface area contributed by atoms with E-state index in [0.29, 0.717) is 0 Å². The first-order valence-electron chi connectivity index (χ1n) is 19.9. The molecule has 3 aromatic heterocycles. The summed E-state index contributed by atoms with van der Waals surface area (Å²) in [7, 11) is 0. The van der Waals surface area contributed by atoms with Crippen LogP contribution in [0, 0.1) is 0 Å². The Morgan fingerprint density at radius 2 is 0.696 bits per heavy atom. The molecule has 0 saturated heterocycles. The third-order valence-corrected chi connectivity index (χ3v) is 12.1. The summed E-state index contributed by atoms with van der Waals surface area (Å²) in [6.45, 7) is 7.18. The first-order chi connectivity index (χ1) is 27.7. The first-order valence-corrected chi connectivity index (χ1v) is 19.9. The topological polar surface area (TPSA) is 14.8 Å². The minimum Gasteiger partial charge on any atom is -0.341 e. The van der Waals surface area contributed by atoms with E-state index in [0.717, 1.165) is 19.6 Å². The van der Waals surface area contributed by atoms with Crippen molar-refractivity contribution in [2.24, 2.45) is 0 Å². The number of para-hydroxylation sites is 3. The zero-order valence-electron chi connectivity index (χ0n) is 31.7. The van der Waals surface area contributed by atoms with E-state index in [9.17, 15) is 0 Å². The van der Waals surface area contributed by atoms with Crippen LogP contribution in [0.25, 0.3) is 98.8 Å². The van der Waals surface area contributed by atoms with Crippen molar-refractivity contribution in [2.75, 3.05) is 0 Å². The summed E-state index contributed by atoms with van der Waals surface area (Å²) in [6.07, 6.45) is 0. The number of benzene rings is 8. The highest BCUT2D eigenvalue weighted by Gasteiger charge is 2.18. The summed E-state index contributed by atoms with van der Waals surface area (Å²) in [5.41, 5.74) is 16.3. The molecule has 0 spiro atoms. The van der Waals surface area contributed by atoms with Crippen LogP contribution in [0.15, 0.2) is 176 Å². The van der Waals surface area contributed by atoms with Crippen LogP contribution >= 0.6 is 0 Å². The lowest BCUT2D eigenvalue weighted by Crippen LogP contribution is -1.98. The molecule has 0 aliphatic carbocycles. The van der Waals surface area contributed by atoms with Crippen molar-refractivity contribution in [3.63, 3.8) is 0 Å². The minimum atomic E-state index is 0.835. The number of rotatable bonds is 7. The Morgan fingerprint density at radius 1 is 0.304 bits per heavy atom. The predicted molar refractivity (Wildman–Crippen MR) is 239 cm³/mol. The van der Waals surface area contributed by atoms with Crippen LogP contribution in [0.1, 0.15) is 19.4 Å². The molecule has 0 fully saturated rings. The molecule has 11 aromatic rings. The molecule has 56 heavy (non-hydrogen) atoms. The van der Waals surface area contributed by atoms with Crippen LogP contribution in [-0.2, 0) is 19.6 Å². The SMILES string of the molecule is CCn1c2ccccc2c2cc(-c3ccc(-c4ccc5c(c4)c4ccccc4n5Cc4ccccc4)cc3-c3ccc4c(c3)c3ccccc3n4CC)ccc21. The van der Waals surface area contributed by atoms with E-state index in [1.807, 2.05) is 0 Å². The largest absolute Gasteiger partial charge is 0.341 e. The van der Waals surface area contributed by atoms with Gasteiger partial charge in [-0.25, -0.2) is 0 Å². The lowest BCUT2D eigenvalue weighted by molar-refractivity contribution is 0.827. The van der Waals surface area contributed by atoms with Crippen molar-refractivity contribution >= 4 is 65.4 Å². The second-order valence-electron chi connectivity index (χ2n) is 15.1. The third kappa shape index (κ3) is 4.97. The molecule has 11 rings (SSSR count). The fourth-order valence-electron chi connectivity index (χ4n) is 9.51. The van der Waals surface area contributed by atoms with Gasteiger partial charge < -0.3 is 13.7 Å². The molecule has 0 aliphatic heterocycles. The van der Waals surface area contributed by atoms with Crippen LogP contribution in [0.3, 0.4) is 0 Å². The second kappa shape index (κ2) is 12.9. The van der Waals surface area contributed by atoms with Crippen molar-refractivity contribution in [3.05, 3.63) is 181 Å². The molecule has 0 atom stereocenters. The first kappa shape index (κ1) is 32.6. The summed E-state index contributed by atoms with van der Waals surface area (Å²) >= 11 is 0. The van der Waals surface area contributed by atoms with Gasteiger partial charge in [0.05, 0.1) is 0 Å². The molecule has 0 saturated carbocycles. The summed E-state index contributed by atoms with van der Waals surface area (Å²) in [4.78, 5) is 0. The van der Waals surface area contributed by atoms with Gasteiger partial charge in [-0.05, 0) is 113 Å². The predicted octanol–water partition coefficient (Wildman–Crippen LogP) is 14.1. The maximum Gasteiger partial charge on any atom is 0.0494 e. The number of aryl methyl sites for hydroxylation is 2. The second-order valence-corrected chi connectivity index (χ2v) is 15.1. The van der Waals surface area contributed by atoms with Crippen molar-refractivity contribution in [2.45, 2.75) is 33.5 Å². The van der Waals surface area contributed by atoms with Crippen molar-refractivity contribution in [1.29, 1.82) is 0 Å². The average molecular weight is 720 g/mol. The Hall–Kier alpha value is -6.84. The van der Waals surface area contributed by atoms with E-state index in [1.54, 1.807) is 0 Å². The lowest BCUT2D eigenvalue weighted by atomic mass is 9.89. The summed E-state index contributed by atoms with van der Waals surface area (Å²) in [6, 6.07) is 65.6. The van der Waals surface area contributed by atoms with Gasteiger partial charge in [-0.1, -0.05) is 115 Å². The molecule has 0 aliphatic rings. The molecule has 3 nitrogen and oxygen atoms in total. The van der Waals surface area contributed by atoms with Gasteiger partial charge in [0.15, 0.2) is 0 Å². The fourth-order valence-corrected chi connectivity index (χ4v) is 9.51. The van der Waals surface area contributed by atoms with Gasteiger partial charge >= 0.3 is 0 Å². The normalized spacial score (nSPS) is 12.0. The molecule has 0 unspecified atom stereocenters. The van der Waals surface area contributed by atoms with Crippen molar-refractivity contribution < 1.29 is 0 Å². The van der Waals surface area contributed by atoms with Crippen LogP contribution in [0.5, 0.6) is 0 Å². The number of hydrogen-bond donors (Lipinski definition) is 0. The average Bonchev–Trinajstić information content (AvgIpc) is 3.88. The smallest absolute Gasteiger partial charge is 0.0494 e. The van der Waals surface area contributed by atoms with E-state index in [2.05, 4.69) is 203 Å². The van der Waals surface area contributed by atoms with Crippen LogP contribution in [0.4, 0.5) is 0 Å². The molecule has 0 bridgehead atoms. The number of hydrogen-bond acceptors (Lipinski definition) is 0. The van der Waals surface area contributed by atoms with E-state index >= 15 is 0 Å². The number of aromatic nitrogens is 3. The highest BCUT2D eigenvalue weighted by molar-refractivity contribution is 6.12. The van der Waals surface area contributed by atoms with Crippen molar-refractivity contribution in [1.82, 2.24) is 13.7 Å². The van der Waals surface area contributed by atoms with Gasteiger partial charge in [-0.15, -0.1) is 0 Å². The third-order valence-electron chi connectivity index (χ3n) is 12.1. The summed E-state index contributed by atoms with van der Waals surface area (Å²) < 4.78 is 7.33. The number of nitrogens with zero attached hydrogens (tertiary/aromatic N) is 3. The highest BCUT2D eigenvalue weighted by Crippen LogP contribution is 2.42. The maximum atomic E-state index is 2.46. The molecule has 8 aromatic carbocycles. The van der Waals surface area contributed by atoms with Crippen molar-refractivity contribution in [3.8, 4) is 33.4 Å². The number of fused-ring (bicyclic) bond motifs is 9. The summed E-state index contributed by atoms with van der Waals surface area (Å²) in [5, 5.41) is 7.77. The lowest BCUT2D eigenvalue weighted by Gasteiger charge is -2.15. The maximum absolute atomic E-state index is 2.46. The van der Waals surface area contributed by atoms with Crippen LogP contribution in [0.2, 0.25) is 0 Å². The quantitative estimate of drug-likeness (QED) is 0.156. The fraction of sp³-hybridized carbons (Fsp3) is 0.0943. The molecule has 268 valence electrons. The van der Waals surface area contributed by atoms with Crippen LogP contribution < -0.4 is 0 Å². The van der Waals surface area contributed by atoms with Gasteiger partial charge in [-0.2, -0.15) is 0 Å². The molecule has 0 radical (unpaired) electrons. The molecule has 3 heteroatoms. The standard InChI is InChI=1S/C53H41N3/c1-3-54-48-19-11-8-16-41(48)46-32-38(24-28-51(46)54)40-26-22-36(30-44(40)39-25-29-52-47(33-39)42-17-9-12-20-49(42)55(52)4-2)37-23-27-53-45(31-37)43-18-10-13-21-50(43)56(53)34-35-14-6-5-7-15-35/h5-33H,3-4,34H2,1-2H3. The molecule has 0 amide bonds. The van der Waals surface area contributed by atoms with Gasteiger partial charge in [0.1, 0.15) is 0 Å². The zero-order chi connectivity index (χ0) is 37.3. The summed E-state index contributed by atoms with van der Waals surface area (Å²) in [5.74, 6) is 0. The highest BCUT2D eigenvalue weighted by atomic mass is 15.0. The van der Waals surface area contributed by atoms with Gasteiger partial charge in [0.2, 0.25) is 0 Å². The Kier molecular flexibility index (Phi) is 7.50. The molecular weight excluding hydrogens is 679 g/mol. The molecule has 3 heterocycles. The van der Waals surface area contributed by atoms with Gasteiger partial charge in [-0.3, -0.25) is 0 Å². The Morgan fingerprint density at radius 3 is 1.25 bits per heavy atom. The van der Waals surface area contributed by atoms with Gasteiger partial charge in [0, 0.05) is 85.1 Å². The Balaban J connectivity index is 1.12. The Labute approximate surface area is 326 Å². The monoisotopic (exact) mass is 719 g/mol. The zero-order valence-corrected chi connectivity index (χ0v) is 31.7. The molecular formula is C53H41N3. The minimum absolute atomic E-state index is 0.835. The van der Waals surface area contributed by atoms with E-state index in [1.165, 1.54) is 104 Å². The van der Waals surface area contributed by atoms with E-state index in [-0.39, 0.29) is 0 Å². The molecule has 0 N–H and O–H groups in total.